The number of benzene rings is 3. The number of hydrogen-bond donors (Lipinski definition) is 0. The first-order chi connectivity index (χ1) is 17.5. The summed E-state index contributed by atoms with van der Waals surface area (Å²) in [4.78, 5) is 4.53. The summed E-state index contributed by atoms with van der Waals surface area (Å²) in [5.74, 6) is 0. The van der Waals surface area contributed by atoms with Crippen molar-refractivity contribution in [1.82, 2.24) is 4.98 Å². The Bertz CT molecular complexity index is 1320. The predicted octanol–water partition coefficient (Wildman–Crippen LogP) is 9.68. The van der Waals surface area contributed by atoms with Gasteiger partial charge in [-0.1, -0.05) is 111 Å². The fraction of sp³-hybridized carbons (Fsp3) is 0.219. The molecule has 0 amide bonds. The van der Waals surface area contributed by atoms with E-state index in [1.54, 1.807) is 11.3 Å². The Balaban J connectivity index is 0.000000213. The molecule has 5 aromatic rings. The van der Waals surface area contributed by atoms with E-state index in [9.17, 15) is 0 Å². The second-order valence-corrected chi connectivity index (χ2v) is 10.1. The number of aromatic nitrogens is 1. The van der Waals surface area contributed by atoms with Crippen molar-refractivity contribution in [3.05, 3.63) is 125 Å². The van der Waals surface area contributed by atoms with Crippen LogP contribution in [0.2, 0.25) is 0 Å². The molecule has 3 aromatic carbocycles. The molecule has 37 heavy (non-hydrogen) atoms. The van der Waals surface area contributed by atoms with E-state index in [4.69, 9.17) is 0 Å². The van der Waals surface area contributed by atoms with E-state index in [0.717, 1.165) is 11.3 Å². The summed E-state index contributed by atoms with van der Waals surface area (Å²) in [7, 11) is 0. The minimum Gasteiger partial charge on any atom is -0.672 e. The van der Waals surface area contributed by atoms with Gasteiger partial charge in [-0.05, 0) is 22.5 Å². The third kappa shape index (κ3) is 8.16. The normalized spacial score (nSPS) is 10.9. The smallest absolute Gasteiger partial charge is 0.672 e. The van der Waals surface area contributed by atoms with Crippen molar-refractivity contribution in [3.63, 3.8) is 0 Å². The van der Waals surface area contributed by atoms with Gasteiger partial charge in [0.1, 0.15) is 0 Å². The first kappa shape index (κ1) is 28.9. The van der Waals surface area contributed by atoms with Crippen LogP contribution in [-0.2, 0) is 20.1 Å². The van der Waals surface area contributed by atoms with Crippen LogP contribution in [0.1, 0.15) is 39.4 Å². The van der Waals surface area contributed by atoms with Crippen molar-refractivity contribution in [1.29, 1.82) is 0 Å². The van der Waals surface area contributed by atoms with Crippen molar-refractivity contribution in [2.45, 2.75) is 45.9 Å². The summed E-state index contributed by atoms with van der Waals surface area (Å²) in [6.07, 6.45) is 1.86. The van der Waals surface area contributed by atoms with Crippen LogP contribution in [0.5, 0.6) is 0 Å². The standard InChI is InChI=1S/C19H12NS.C13H20N2.Ir/c1-2-4-14(5-3-1)15-6-8-16(9-7-15)19-17-11-13-21-18(17)10-12-20-19;1-10(2)14-13(15-11(3)4)12-8-6-5-7-9-12;/h1-8,10-13H;5-11,13H,1-4H3;/q-1;-2;+3. The van der Waals surface area contributed by atoms with Gasteiger partial charge in [0.2, 0.25) is 0 Å². The SMILES string of the molecule is CC(C)[N-]C([N-]C(C)C)c1ccccc1.[Ir+3].[c-]1cc(-c2ccccc2)ccc1-c1nccc2sccc12. The van der Waals surface area contributed by atoms with Gasteiger partial charge in [-0.15, -0.1) is 53.2 Å². The summed E-state index contributed by atoms with van der Waals surface area (Å²) in [5, 5.41) is 12.5. The van der Waals surface area contributed by atoms with Gasteiger partial charge in [-0.3, -0.25) is 0 Å². The van der Waals surface area contributed by atoms with E-state index >= 15 is 0 Å². The van der Waals surface area contributed by atoms with Crippen molar-refractivity contribution in [2.75, 3.05) is 0 Å². The third-order valence-electron chi connectivity index (χ3n) is 5.53. The molecule has 0 aliphatic rings. The van der Waals surface area contributed by atoms with Gasteiger partial charge in [-0.2, -0.15) is 0 Å². The number of thiophene rings is 1. The molecule has 0 atom stereocenters. The molecule has 0 fully saturated rings. The Kier molecular flexibility index (Phi) is 11.2. The van der Waals surface area contributed by atoms with E-state index in [0.29, 0.717) is 12.1 Å². The molecule has 2 heterocycles. The number of hydrogen-bond acceptors (Lipinski definition) is 2. The molecule has 0 aliphatic carbocycles. The monoisotopic (exact) mass is 683 g/mol. The molecule has 0 radical (unpaired) electrons. The summed E-state index contributed by atoms with van der Waals surface area (Å²) < 4.78 is 1.26. The number of rotatable bonds is 7. The second-order valence-electron chi connectivity index (χ2n) is 9.12. The quantitative estimate of drug-likeness (QED) is 0.158. The van der Waals surface area contributed by atoms with Gasteiger partial charge in [0.25, 0.3) is 0 Å². The van der Waals surface area contributed by atoms with Crippen LogP contribution in [0.3, 0.4) is 0 Å². The zero-order valence-electron chi connectivity index (χ0n) is 21.6. The van der Waals surface area contributed by atoms with Crippen LogP contribution in [0.25, 0.3) is 43.1 Å². The maximum absolute atomic E-state index is 4.62. The minimum atomic E-state index is -0.00815. The molecule has 2 aromatic heterocycles. The van der Waals surface area contributed by atoms with Crippen LogP contribution in [0.15, 0.2) is 103 Å². The van der Waals surface area contributed by atoms with E-state index in [-0.39, 0.29) is 26.3 Å². The molecule has 190 valence electrons. The zero-order valence-corrected chi connectivity index (χ0v) is 24.8. The number of nitrogens with zero attached hydrogens (tertiary/aromatic N) is 3. The molecular weight excluding hydrogens is 651 g/mol. The molecule has 0 aliphatic heterocycles. The Hall–Kier alpha value is -2.66. The van der Waals surface area contributed by atoms with Gasteiger partial charge in [0, 0.05) is 10.9 Å². The minimum absolute atomic E-state index is 0. The van der Waals surface area contributed by atoms with E-state index in [1.807, 2.05) is 36.5 Å². The van der Waals surface area contributed by atoms with Crippen LogP contribution < -0.4 is 0 Å². The molecule has 0 saturated heterocycles. The Morgan fingerprint density at radius 1 is 0.730 bits per heavy atom. The summed E-state index contributed by atoms with van der Waals surface area (Å²) in [5.41, 5.74) is 5.62. The molecule has 3 nitrogen and oxygen atoms in total. The van der Waals surface area contributed by atoms with Crippen molar-refractivity contribution >= 4 is 21.4 Å². The Labute approximate surface area is 238 Å². The molecule has 0 N–H and O–H groups in total. The van der Waals surface area contributed by atoms with Crippen LogP contribution >= 0.6 is 11.3 Å². The fourth-order valence-electron chi connectivity index (χ4n) is 3.89. The van der Waals surface area contributed by atoms with E-state index in [2.05, 4.69) is 115 Å². The first-order valence-electron chi connectivity index (χ1n) is 12.4. The fourth-order valence-corrected chi connectivity index (χ4v) is 4.67. The summed E-state index contributed by atoms with van der Waals surface area (Å²) in [6.45, 7) is 8.36. The van der Waals surface area contributed by atoms with Gasteiger partial charge in [0.05, 0.1) is 0 Å². The summed E-state index contributed by atoms with van der Waals surface area (Å²) >= 11 is 1.74. The van der Waals surface area contributed by atoms with Crippen LogP contribution in [0.4, 0.5) is 0 Å². The van der Waals surface area contributed by atoms with Gasteiger partial charge in [-0.25, -0.2) is 6.17 Å². The van der Waals surface area contributed by atoms with Crippen LogP contribution in [0, 0.1) is 6.07 Å². The maximum atomic E-state index is 4.62. The number of pyridine rings is 1. The zero-order chi connectivity index (χ0) is 25.3. The van der Waals surface area contributed by atoms with E-state index < -0.39 is 0 Å². The molecule has 0 saturated carbocycles. The van der Waals surface area contributed by atoms with Crippen molar-refractivity contribution in [2.24, 2.45) is 0 Å². The third-order valence-corrected chi connectivity index (χ3v) is 6.41. The predicted molar refractivity (Wildman–Crippen MR) is 156 cm³/mol. The summed E-state index contributed by atoms with van der Waals surface area (Å²) in [6, 6.07) is 35.1. The van der Waals surface area contributed by atoms with Crippen LogP contribution in [-0.4, -0.2) is 17.1 Å². The Morgan fingerprint density at radius 2 is 1.38 bits per heavy atom. The molecule has 0 unspecified atom stereocenters. The first-order valence-corrected chi connectivity index (χ1v) is 13.2. The average Bonchev–Trinajstić information content (AvgIpc) is 3.39. The maximum Gasteiger partial charge on any atom is 3.00 e. The molecule has 5 rings (SSSR count). The topological polar surface area (TPSA) is 41.1 Å². The van der Waals surface area contributed by atoms with Gasteiger partial charge in [0.15, 0.2) is 0 Å². The molecular formula is C32H32IrN3S. The molecule has 0 spiro atoms. The largest absolute Gasteiger partial charge is 3.00 e. The van der Waals surface area contributed by atoms with Gasteiger partial charge >= 0.3 is 20.1 Å². The molecule has 0 bridgehead atoms. The second kappa shape index (κ2) is 14.3. The van der Waals surface area contributed by atoms with E-state index in [1.165, 1.54) is 26.8 Å². The van der Waals surface area contributed by atoms with Gasteiger partial charge < -0.3 is 15.6 Å². The average molecular weight is 683 g/mol. The number of fused-ring (bicyclic) bond motifs is 1. The van der Waals surface area contributed by atoms with Crippen molar-refractivity contribution < 1.29 is 20.1 Å². The Morgan fingerprint density at radius 3 is 1.97 bits per heavy atom. The van der Waals surface area contributed by atoms with Crippen molar-refractivity contribution in [3.8, 4) is 22.4 Å². The molecule has 5 heteroatoms.